The van der Waals surface area contributed by atoms with Gasteiger partial charge in [0.05, 0.1) is 16.5 Å². The van der Waals surface area contributed by atoms with E-state index in [1.807, 2.05) is 6.92 Å². The second-order valence-corrected chi connectivity index (χ2v) is 6.39. The minimum Gasteiger partial charge on any atom is -0.351 e. The van der Waals surface area contributed by atoms with Crippen LogP contribution in [0.4, 0.5) is 5.69 Å². The molecule has 1 aromatic carbocycles. The number of nitrogens with two attached hydrogens (primary N) is 1. The molecule has 0 spiro atoms. The van der Waals surface area contributed by atoms with Crippen LogP contribution in [0.1, 0.15) is 37.0 Å². The molecule has 0 saturated carbocycles. The number of unbranched alkanes of at least 4 members (excludes halogenated alkanes) is 1. The topological polar surface area (TPSA) is 84.2 Å². The maximum Gasteiger partial charge on any atom is 0.253 e. The number of hydrogen-bond acceptors (Lipinski definition) is 4. The Labute approximate surface area is 136 Å². The van der Waals surface area contributed by atoms with Gasteiger partial charge in [0.1, 0.15) is 0 Å². The van der Waals surface area contributed by atoms with Gasteiger partial charge in [-0.1, -0.05) is 25.5 Å². The summed E-state index contributed by atoms with van der Waals surface area (Å²) in [5.74, 6) is 0.650. The van der Waals surface area contributed by atoms with E-state index in [4.69, 9.17) is 5.73 Å². The highest BCUT2D eigenvalue weighted by atomic mass is 32.2. The van der Waals surface area contributed by atoms with Gasteiger partial charge in [-0.2, -0.15) is 0 Å². The van der Waals surface area contributed by atoms with Crippen molar-refractivity contribution in [2.45, 2.75) is 31.9 Å². The van der Waals surface area contributed by atoms with Crippen molar-refractivity contribution in [2.24, 2.45) is 5.73 Å². The molecule has 0 bridgehead atoms. The summed E-state index contributed by atoms with van der Waals surface area (Å²) in [4.78, 5) is 24.3. The van der Waals surface area contributed by atoms with Crippen LogP contribution in [0.5, 0.6) is 0 Å². The van der Waals surface area contributed by atoms with E-state index in [0.717, 1.165) is 18.6 Å². The molecule has 0 heterocycles. The monoisotopic (exact) mass is 323 g/mol. The third-order valence-electron chi connectivity index (χ3n) is 3.09. The quantitative estimate of drug-likeness (QED) is 0.609. The molecule has 0 aromatic heterocycles. The number of carbonyl (C=O) groups excluding carboxylic acids is 2. The predicted molar refractivity (Wildman–Crippen MR) is 93.3 cm³/mol. The summed E-state index contributed by atoms with van der Waals surface area (Å²) in [6.07, 6.45) is 2.21. The zero-order valence-electron chi connectivity index (χ0n) is 13.2. The van der Waals surface area contributed by atoms with Crippen molar-refractivity contribution in [1.82, 2.24) is 5.32 Å². The molecule has 2 amide bonds. The summed E-state index contributed by atoms with van der Waals surface area (Å²) in [6.45, 7) is 4.80. The summed E-state index contributed by atoms with van der Waals surface area (Å²) in [5.41, 5.74) is 6.37. The molecule has 0 aliphatic carbocycles. The molecule has 5 nitrogen and oxygen atoms in total. The first-order valence-corrected chi connectivity index (χ1v) is 8.64. The Balaban J connectivity index is 2.68. The van der Waals surface area contributed by atoms with Gasteiger partial charge in [-0.15, -0.1) is 11.8 Å². The van der Waals surface area contributed by atoms with Crippen LogP contribution in [0.3, 0.4) is 0 Å². The number of hydrogen-bond donors (Lipinski definition) is 3. The van der Waals surface area contributed by atoms with Gasteiger partial charge >= 0.3 is 0 Å². The van der Waals surface area contributed by atoms with E-state index >= 15 is 0 Å². The summed E-state index contributed by atoms with van der Waals surface area (Å²) < 4.78 is 0. The molecular weight excluding hydrogens is 298 g/mol. The average Bonchev–Trinajstić information content (AvgIpc) is 2.53. The Bertz CT molecular complexity index is 494. The second kappa shape index (κ2) is 10.2. The SMILES string of the molecule is CCCCSC(C)C(=O)Nc1ccccc1C(=O)NCCN. The molecule has 1 unspecified atom stereocenters. The van der Waals surface area contributed by atoms with Crippen LogP contribution in [-0.2, 0) is 4.79 Å². The second-order valence-electron chi connectivity index (χ2n) is 4.95. The number of para-hydroxylation sites is 1. The first-order chi connectivity index (χ1) is 10.6. The molecular formula is C16H25N3O2S. The summed E-state index contributed by atoms with van der Waals surface area (Å²) in [5, 5.41) is 5.41. The number of thioether (sulfide) groups is 1. The predicted octanol–water partition coefficient (Wildman–Crippen LogP) is 2.24. The first kappa shape index (κ1) is 18.5. The Morgan fingerprint density at radius 1 is 1.32 bits per heavy atom. The van der Waals surface area contributed by atoms with Crippen molar-refractivity contribution in [1.29, 1.82) is 0 Å². The van der Waals surface area contributed by atoms with Gasteiger partial charge in [0.2, 0.25) is 5.91 Å². The van der Waals surface area contributed by atoms with Crippen LogP contribution in [0.25, 0.3) is 0 Å². The summed E-state index contributed by atoms with van der Waals surface area (Å²) in [6, 6.07) is 6.99. The van der Waals surface area contributed by atoms with Crippen LogP contribution in [0, 0.1) is 0 Å². The van der Waals surface area contributed by atoms with E-state index < -0.39 is 0 Å². The average molecular weight is 323 g/mol. The van der Waals surface area contributed by atoms with Gasteiger partial charge in [0.15, 0.2) is 0 Å². The highest BCUT2D eigenvalue weighted by molar-refractivity contribution is 8.00. The molecule has 1 rings (SSSR count). The number of carbonyl (C=O) groups is 2. The zero-order chi connectivity index (χ0) is 16.4. The summed E-state index contributed by atoms with van der Waals surface area (Å²) in [7, 11) is 0. The van der Waals surface area contributed by atoms with E-state index in [1.54, 1.807) is 36.0 Å². The molecule has 0 aliphatic rings. The fraction of sp³-hybridized carbons (Fsp3) is 0.500. The lowest BCUT2D eigenvalue weighted by Gasteiger charge is -2.14. The molecule has 0 radical (unpaired) electrons. The van der Waals surface area contributed by atoms with Crippen molar-refractivity contribution in [3.05, 3.63) is 29.8 Å². The molecule has 0 fully saturated rings. The van der Waals surface area contributed by atoms with Crippen LogP contribution >= 0.6 is 11.8 Å². The van der Waals surface area contributed by atoms with Gasteiger partial charge in [0, 0.05) is 13.1 Å². The van der Waals surface area contributed by atoms with E-state index in [9.17, 15) is 9.59 Å². The molecule has 1 aromatic rings. The molecule has 6 heteroatoms. The number of benzene rings is 1. The van der Waals surface area contributed by atoms with Crippen LogP contribution in [-0.4, -0.2) is 35.9 Å². The number of anilines is 1. The van der Waals surface area contributed by atoms with Gasteiger partial charge in [0.25, 0.3) is 5.91 Å². The van der Waals surface area contributed by atoms with Gasteiger partial charge in [-0.25, -0.2) is 0 Å². The molecule has 122 valence electrons. The number of rotatable bonds is 9. The van der Waals surface area contributed by atoms with Crippen LogP contribution in [0.15, 0.2) is 24.3 Å². The molecule has 4 N–H and O–H groups in total. The van der Waals surface area contributed by atoms with Crippen molar-refractivity contribution < 1.29 is 9.59 Å². The van der Waals surface area contributed by atoms with Gasteiger partial charge < -0.3 is 16.4 Å². The Morgan fingerprint density at radius 2 is 2.05 bits per heavy atom. The Kier molecular flexibility index (Phi) is 8.62. The van der Waals surface area contributed by atoms with Crippen LogP contribution < -0.4 is 16.4 Å². The van der Waals surface area contributed by atoms with Crippen molar-refractivity contribution in [3.8, 4) is 0 Å². The van der Waals surface area contributed by atoms with Crippen molar-refractivity contribution in [3.63, 3.8) is 0 Å². The molecule has 1 atom stereocenters. The lowest BCUT2D eigenvalue weighted by molar-refractivity contribution is -0.115. The van der Waals surface area contributed by atoms with Crippen molar-refractivity contribution in [2.75, 3.05) is 24.2 Å². The summed E-state index contributed by atoms with van der Waals surface area (Å²) >= 11 is 1.63. The molecule has 0 saturated heterocycles. The number of nitrogens with one attached hydrogen (secondary N) is 2. The maximum atomic E-state index is 12.2. The molecule has 0 aliphatic heterocycles. The highest BCUT2D eigenvalue weighted by Crippen LogP contribution is 2.18. The van der Waals surface area contributed by atoms with Gasteiger partial charge in [-0.05, 0) is 31.2 Å². The number of amides is 2. The standard InChI is InChI=1S/C16H25N3O2S/c1-3-4-11-22-12(2)15(20)19-14-8-6-5-7-13(14)16(21)18-10-9-17/h5-8,12H,3-4,9-11,17H2,1-2H3,(H,18,21)(H,19,20). The van der Waals surface area contributed by atoms with E-state index in [-0.39, 0.29) is 17.1 Å². The lowest BCUT2D eigenvalue weighted by atomic mass is 10.1. The largest absolute Gasteiger partial charge is 0.351 e. The minimum atomic E-state index is -0.229. The fourth-order valence-corrected chi connectivity index (χ4v) is 2.80. The van der Waals surface area contributed by atoms with Gasteiger partial charge in [-0.3, -0.25) is 9.59 Å². The van der Waals surface area contributed by atoms with Crippen LogP contribution in [0.2, 0.25) is 0 Å². The first-order valence-electron chi connectivity index (χ1n) is 7.59. The zero-order valence-corrected chi connectivity index (χ0v) is 14.0. The minimum absolute atomic E-state index is 0.0832. The van der Waals surface area contributed by atoms with E-state index in [2.05, 4.69) is 17.6 Å². The van der Waals surface area contributed by atoms with E-state index in [0.29, 0.717) is 24.3 Å². The Morgan fingerprint density at radius 3 is 2.73 bits per heavy atom. The normalized spacial score (nSPS) is 11.8. The maximum absolute atomic E-state index is 12.2. The van der Waals surface area contributed by atoms with E-state index in [1.165, 1.54) is 0 Å². The third kappa shape index (κ3) is 6.07. The molecule has 22 heavy (non-hydrogen) atoms. The Hall–Kier alpha value is -1.53. The smallest absolute Gasteiger partial charge is 0.253 e. The lowest BCUT2D eigenvalue weighted by Crippen LogP contribution is -2.30. The highest BCUT2D eigenvalue weighted by Gasteiger charge is 2.17. The third-order valence-corrected chi connectivity index (χ3v) is 4.33. The van der Waals surface area contributed by atoms with Crippen molar-refractivity contribution >= 4 is 29.3 Å². The fourth-order valence-electron chi connectivity index (χ4n) is 1.79.